The summed E-state index contributed by atoms with van der Waals surface area (Å²) < 4.78 is 0. The van der Waals surface area contributed by atoms with Crippen molar-refractivity contribution in [1.82, 2.24) is 0 Å². The van der Waals surface area contributed by atoms with Crippen LogP contribution in [0, 0.1) is 0 Å². The Morgan fingerprint density at radius 2 is 0.778 bits per heavy atom. The summed E-state index contributed by atoms with van der Waals surface area (Å²) in [5.74, 6) is -0.834. The van der Waals surface area contributed by atoms with Gasteiger partial charge in [-0.05, 0) is 32.7 Å². The zero-order valence-electron chi connectivity index (χ0n) is 20.0. The van der Waals surface area contributed by atoms with Gasteiger partial charge in [0.2, 0.25) is 0 Å². The van der Waals surface area contributed by atoms with Gasteiger partial charge in [0.1, 0.15) is 13.5 Å². The van der Waals surface area contributed by atoms with Crippen molar-refractivity contribution in [2.75, 3.05) is 0 Å². The molecule has 1 N–H and O–H groups in total. The van der Waals surface area contributed by atoms with Crippen molar-refractivity contribution < 1.29 is 9.90 Å². The fraction of sp³-hybridized carbons (Fsp3) is 0.0606. The van der Waals surface area contributed by atoms with E-state index in [1.54, 1.807) is 0 Å². The third-order valence-electron chi connectivity index (χ3n) is 7.23. The molecule has 5 aromatic carbocycles. The normalized spacial score (nSPS) is 11.7. The van der Waals surface area contributed by atoms with E-state index in [-0.39, 0.29) is 0 Å². The summed E-state index contributed by atoms with van der Waals surface area (Å²) in [5, 5.41) is 14.7. The van der Waals surface area contributed by atoms with Crippen molar-refractivity contribution in [2.24, 2.45) is 0 Å². The largest absolute Gasteiger partial charge is 0.480 e. The average molecular weight is 485 g/mol. The lowest BCUT2D eigenvalue weighted by Gasteiger charge is -2.42. The molecule has 0 saturated carbocycles. The Kier molecular flexibility index (Phi) is 6.66. The fourth-order valence-corrected chi connectivity index (χ4v) is 10.8. The van der Waals surface area contributed by atoms with Gasteiger partial charge in [-0.3, -0.25) is 4.79 Å². The molecule has 0 radical (unpaired) electrons. The van der Waals surface area contributed by atoms with Gasteiger partial charge in [0.05, 0.1) is 0 Å². The molecule has 0 saturated heterocycles. The predicted molar refractivity (Wildman–Crippen MR) is 150 cm³/mol. The number of hydrogen-bond donors (Lipinski definition) is 1. The second-order valence-electron chi connectivity index (χ2n) is 9.12. The lowest BCUT2D eigenvalue weighted by atomic mass is 9.76. The number of carboxylic acid groups (broad SMARTS) is 1. The van der Waals surface area contributed by atoms with Crippen molar-refractivity contribution in [3.63, 3.8) is 0 Å². The predicted octanol–water partition coefficient (Wildman–Crippen LogP) is 5.23. The van der Waals surface area contributed by atoms with E-state index in [0.717, 1.165) is 11.1 Å². The van der Waals surface area contributed by atoms with E-state index in [0.29, 0.717) is 6.04 Å². The van der Waals surface area contributed by atoms with E-state index in [2.05, 4.69) is 72.8 Å². The Morgan fingerprint density at radius 1 is 0.500 bits per heavy atom. The molecule has 5 aromatic rings. The lowest BCUT2D eigenvalue weighted by molar-refractivity contribution is -0.141. The first-order valence-corrected chi connectivity index (χ1v) is 14.4. The second-order valence-corrected chi connectivity index (χ2v) is 13.0. The van der Waals surface area contributed by atoms with Gasteiger partial charge in [-0.1, -0.05) is 152 Å². The standard InChI is InChI=1S/C33H28O2Si/c34-32(35)33(27-16-6-1-7-17-27,28-18-8-2-9-19-28)26-36(29-20-10-3-11-21-29,30-22-12-4-13-23-30)31-24-14-5-15-25-31/h1-25H,26H2,(H,34,35). The summed E-state index contributed by atoms with van der Waals surface area (Å²) >= 11 is 0. The van der Waals surface area contributed by atoms with E-state index in [1.807, 2.05) is 78.9 Å². The number of rotatable bonds is 8. The van der Waals surface area contributed by atoms with Gasteiger partial charge in [-0.25, -0.2) is 0 Å². The summed E-state index contributed by atoms with van der Waals surface area (Å²) in [6, 6.07) is 51.4. The Hall–Kier alpha value is -4.21. The monoisotopic (exact) mass is 484 g/mol. The molecule has 176 valence electrons. The van der Waals surface area contributed by atoms with Gasteiger partial charge in [0.25, 0.3) is 0 Å². The molecule has 0 unspecified atom stereocenters. The maximum absolute atomic E-state index is 13.6. The third-order valence-corrected chi connectivity index (χ3v) is 12.2. The maximum atomic E-state index is 13.6. The smallest absolute Gasteiger partial charge is 0.318 e. The van der Waals surface area contributed by atoms with Gasteiger partial charge in [0, 0.05) is 0 Å². The molecule has 0 spiro atoms. The van der Waals surface area contributed by atoms with Gasteiger partial charge in [-0.15, -0.1) is 0 Å². The topological polar surface area (TPSA) is 37.3 Å². The molecule has 5 rings (SSSR count). The van der Waals surface area contributed by atoms with Gasteiger partial charge in [0.15, 0.2) is 0 Å². The number of benzene rings is 5. The minimum atomic E-state index is -2.87. The molecule has 0 amide bonds. The molecule has 0 aliphatic heterocycles. The van der Waals surface area contributed by atoms with Crippen LogP contribution in [0.4, 0.5) is 0 Å². The molecular weight excluding hydrogens is 456 g/mol. The van der Waals surface area contributed by atoms with Crippen LogP contribution in [0.1, 0.15) is 11.1 Å². The Labute approximate surface area is 213 Å². The molecule has 0 aromatic heterocycles. The Balaban J connectivity index is 1.90. The molecule has 0 atom stereocenters. The van der Waals surface area contributed by atoms with Crippen molar-refractivity contribution in [3.8, 4) is 0 Å². The molecule has 0 aliphatic carbocycles. The summed E-state index contributed by atoms with van der Waals surface area (Å²) in [6.07, 6.45) is 0. The third kappa shape index (κ3) is 4.08. The van der Waals surface area contributed by atoms with E-state index < -0.39 is 19.5 Å². The molecule has 0 fully saturated rings. The van der Waals surface area contributed by atoms with E-state index in [1.165, 1.54) is 15.6 Å². The Bertz CT molecular complexity index is 1270. The Morgan fingerprint density at radius 3 is 1.06 bits per heavy atom. The highest BCUT2D eigenvalue weighted by Gasteiger charge is 2.52. The van der Waals surface area contributed by atoms with Crippen LogP contribution in [0.2, 0.25) is 6.04 Å². The average Bonchev–Trinajstić information content (AvgIpc) is 2.96. The molecule has 2 nitrogen and oxygen atoms in total. The first-order chi connectivity index (χ1) is 17.7. The zero-order valence-corrected chi connectivity index (χ0v) is 21.0. The number of carboxylic acids is 1. The number of hydrogen-bond acceptors (Lipinski definition) is 1. The van der Waals surface area contributed by atoms with Crippen LogP contribution in [0.25, 0.3) is 0 Å². The molecule has 0 aliphatic rings. The number of carbonyl (C=O) groups is 1. The fourth-order valence-electron chi connectivity index (χ4n) is 5.51. The van der Waals surface area contributed by atoms with Crippen LogP contribution in [-0.2, 0) is 10.2 Å². The van der Waals surface area contributed by atoms with Crippen LogP contribution in [0.15, 0.2) is 152 Å². The number of aliphatic carboxylic acids is 1. The highest BCUT2D eigenvalue weighted by atomic mass is 28.3. The summed E-state index contributed by atoms with van der Waals surface area (Å²) in [6.45, 7) is 0. The van der Waals surface area contributed by atoms with Crippen LogP contribution in [0.5, 0.6) is 0 Å². The highest BCUT2D eigenvalue weighted by molar-refractivity contribution is 7.11. The second kappa shape index (κ2) is 10.2. The summed E-state index contributed by atoms with van der Waals surface area (Å²) in [5.41, 5.74) is 0.350. The van der Waals surface area contributed by atoms with E-state index >= 15 is 0 Å². The van der Waals surface area contributed by atoms with Crippen LogP contribution >= 0.6 is 0 Å². The highest BCUT2D eigenvalue weighted by Crippen LogP contribution is 2.40. The van der Waals surface area contributed by atoms with Crippen molar-refractivity contribution in [2.45, 2.75) is 11.5 Å². The summed E-state index contributed by atoms with van der Waals surface area (Å²) in [7, 11) is -2.87. The van der Waals surface area contributed by atoms with Crippen LogP contribution < -0.4 is 15.6 Å². The minimum absolute atomic E-state index is 0.446. The molecular formula is C33H28O2Si. The minimum Gasteiger partial charge on any atom is -0.480 e. The van der Waals surface area contributed by atoms with Crippen LogP contribution in [-0.4, -0.2) is 19.1 Å². The van der Waals surface area contributed by atoms with E-state index in [4.69, 9.17) is 0 Å². The SMILES string of the molecule is O=C(O)C(C[Si](c1ccccc1)(c1ccccc1)c1ccccc1)(c1ccccc1)c1ccccc1. The van der Waals surface area contributed by atoms with Crippen molar-refractivity contribution in [3.05, 3.63) is 163 Å². The maximum Gasteiger partial charge on any atom is 0.318 e. The lowest BCUT2D eigenvalue weighted by Crippen LogP contribution is -2.70. The zero-order chi connectivity index (χ0) is 24.8. The van der Waals surface area contributed by atoms with Crippen molar-refractivity contribution >= 4 is 29.6 Å². The van der Waals surface area contributed by atoms with Gasteiger partial charge in [-0.2, -0.15) is 0 Å². The quantitative estimate of drug-likeness (QED) is 0.242. The van der Waals surface area contributed by atoms with E-state index in [9.17, 15) is 9.90 Å². The molecule has 0 heterocycles. The van der Waals surface area contributed by atoms with Gasteiger partial charge < -0.3 is 5.11 Å². The molecule has 36 heavy (non-hydrogen) atoms. The summed E-state index contributed by atoms with van der Waals surface area (Å²) in [4.78, 5) is 13.6. The van der Waals surface area contributed by atoms with Crippen molar-refractivity contribution in [1.29, 1.82) is 0 Å². The molecule has 0 bridgehead atoms. The molecule has 3 heteroatoms. The first kappa shape index (κ1) is 23.5. The van der Waals surface area contributed by atoms with Crippen LogP contribution in [0.3, 0.4) is 0 Å². The first-order valence-electron chi connectivity index (χ1n) is 12.2. The van der Waals surface area contributed by atoms with Gasteiger partial charge >= 0.3 is 5.97 Å².